The van der Waals surface area contributed by atoms with Crippen molar-refractivity contribution in [2.24, 2.45) is 5.92 Å². The second-order valence-corrected chi connectivity index (χ2v) is 9.80. The van der Waals surface area contributed by atoms with E-state index in [2.05, 4.69) is 115 Å². The molecule has 8 rings (SSSR count). The van der Waals surface area contributed by atoms with Crippen LogP contribution in [0.5, 0.6) is 0 Å². The van der Waals surface area contributed by atoms with Crippen molar-refractivity contribution in [1.29, 1.82) is 0 Å². The summed E-state index contributed by atoms with van der Waals surface area (Å²) in [4.78, 5) is 0. The Bertz CT molecular complexity index is 1660. The van der Waals surface area contributed by atoms with E-state index in [1.165, 1.54) is 60.9 Å². The molecule has 2 heterocycles. The van der Waals surface area contributed by atoms with Crippen LogP contribution in [-0.2, 0) is 5.41 Å². The molecule has 33 heavy (non-hydrogen) atoms. The van der Waals surface area contributed by atoms with Crippen molar-refractivity contribution in [1.82, 2.24) is 4.57 Å². The Kier molecular flexibility index (Phi) is 3.18. The zero-order chi connectivity index (χ0) is 21.7. The first-order chi connectivity index (χ1) is 16.3. The third-order valence-corrected chi connectivity index (χ3v) is 8.16. The van der Waals surface area contributed by atoms with Crippen LogP contribution in [-0.4, -0.2) is 4.57 Å². The molecule has 0 amide bonds. The van der Waals surface area contributed by atoms with Crippen LogP contribution in [0.25, 0.3) is 38.6 Å². The van der Waals surface area contributed by atoms with Gasteiger partial charge in [-0.15, -0.1) is 0 Å². The standard InChI is InChI=1S/C32H23N/c1-20-17-18-30-28(19-20)32(25-13-5-2-9-21(25)22-10-3-6-14-26(22)32)27-15-8-12-24-23-11-4-7-16-29(23)33(30)31(24)27/h2-18,20H,19H2,1H3. The van der Waals surface area contributed by atoms with Crippen molar-refractivity contribution < 1.29 is 0 Å². The maximum Gasteiger partial charge on any atom is 0.0717 e. The SMILES string of the molecule is CC1C=CC2=C(C1)C1(c3ccccc3-c3ccccc31)c1cccc3c4ccccc4n2c13. The van der Waals surface area contributed by atoms with Gasteiger partial charge in [-0.1, -0.05) is 97.9 Å². The van der Waals surface area contributed by atoms with Gasteiger partial charge in [0.25, 0.3) is 0 Å². The summed E-state index contributed by atoms with van der Waals surface area (Å²) in [6.07, 6.45) is 5.86. The minimum absolute atomic E-state index is 0.245. The molecular weight excluding hydrogens is 398 g/mol. The summed E-state index contributed by atoms with van der Waals surface area (Å²) in [7, 11) is 0. The Balaban J connectivity index is 1.67. The van der Waals surface area contributed by atoms with E-state index in [0.29, 0.717) is 5.92 Å². The summed E-state index contributed by atoms with van der Waals surface area (Å²) >= 11 is 0. The highest BCUT2D eigenvalue weighted by Gasteiger charge is 2.51. The lowest BCUT2D eigenvalue weighted by Gasteiger charge is -2.43. The van der Waals surface area contributed by atoms with Gasteiger partial charge >= 0.3 is 0 Å². The molecular formula is C32H23N. The molecule has 1 atom stereocenters. The molecule has 0 fully saturated rings. The van der Waals surface area contributed by atoms with E-state index < -0.39 is 0 Å². The second-order valence-electron chi connectivity index (χ2n) is 9.80. The van der Waals surface area contributed by atoms with Gasteiger partial charge in [-0.2, -0.15) is 0 Å². The molecule has 0 radical (unpaired) electrons. The summed E-state index contributed by atoms with van der Waals surface area (Å²) in [5.74, 6) is 0.517. The third-order valence-electron chi connectivity index (χ3n) is 8.16. The molecule has 1 spiro atoms. The fourth-order valence-electron chi connectivity index (χ4n) is 6.99. The first kappa shape index (κ1) is 17.7. The van der Waals surface area contributed by atoms with E-state index >= 15 is 0 Å². The normalized spacial score (nSPS) is 19.2. The number of hydrogen-bond donors (Lipinski definition) is 0. The summed E-state index contributed by atoms with van der Waals surface area (Å²) in [6.45, 7) is 2.35. The van der Waals surface area contributed by atoms with E-state index in [9.17, 15) is 0 Å². The van der Waals surface area contributed by atoms with Crippen molar-refractivity contribution in [2.45, 2.75) is 18.8 Å². The molecule has 1 aromatic heterocycles. The zero-order valence-corrected chi connectivity index (χ0v) is 18.5. The highest BCUT2D eigenvalue weighted by Crippen LogP contribution is 2.62. The highest BCUT2D eigenvalue weighted by molar-refractivity contribution is 6.14. The van der Waals surface area contributed by atoms with Crippen molar-refractivity contribution >= 4 is 27.5 Å². The van der Waals surface area contributed by atoms with Crippen LogP contribution in [0.15, 0.2) is 109 Å². The summed E-state index contributed by atoms with van der Waals surface area (Å²) in [6, 6.07) is 34.1. The Morgan fingerprint density at radius 1 is 0.697 bits per heavy atom. The first-order valence-electron chi connectivity index (χ1n) is 11.9. The summed E-state index contributed by atoms with van der Waals surface area (Å²) in [5.41, 5.74) is 12.4. The van der Waals surface area contributed by atoms with Gasteiger partial charge in [0.15, 0.2) is 0 Å². The monoisotopic (exact) mass is 421 g/mol. The molecule has 2 aliphatic carbocycles. The first-order valence-corrected chi connectivity index (χ1v) is 11.9. The molecule has 5 aromatic rings. The predicted octanol–water partition coefficient (Wildman–Crippen LogP) is 7.93. The molecule has 0 N–H and O–H groups in total. The predicted molar refractivity (Wildman–Crippen MR) is 137 cm³/mol. The smallest absolute Gasteiger partial charge is 0.0717 e. The van der Waals surface area contributed by atoms with Crippen LogP contribution in [0.3, 0.4) is 0 Å². The zero-order valence-electron chi connectivity index (χ0n) is 18.5. The molecule has 4 aromatic carbocycles. The Morgan fingerprint density at radius 3 is 2.12 bits per heavy atom. The number of aromatic nitrogens is 1. The highest BCUT2D eigenvalue weighted by atomic mass is 15.0. The molecule has 156 valence electrons. The van der Waals surface area contributed by atoms with Gasteiger partial charge in [0.2, 0.25) is 0 Å². The molecule has 0 bridgehead atoms. The van der Waals surface area contributed by atoms with Crippen LogP contribution >= 0.6 is 0 Å². The van der Waals surface area contributed by atoms with Crippen molar-refractivity contribution in [2.75, 3.05) is 0 Å². The van der Waals surface area contributed by atoms with Gasteiger partial charge in [-0.25, -0.2) is 0 Å². The largest absolute Gasteiger partial charge is 0.309 e. The molecule has 1 aliphatic heterocycles. The van der Waals surface area contributed by atoms with Gasteiger partial charge in [-0.3, -0.25) is 0 Å². The van der Waals surface area contributed by atoms with Crippen LogP contribution in [0.4, 0.5) is 0 Å². The number of fused-ring (bicyclic) bond motifs is 11. The lowest BCUT2D eigenvalue weighted by molar-refractivity contribution is 0.610. The van der Waals surface area contributed by atoms with Crippen molar-refractivity contribution in [3.05, 3.63) is 125 Å². The van der Waals surface area contributed by atoms with Crippen LogP contribution < -0.4 is 0 Å². The maximum atomic E-state index is 2.55. The maximum absolute atomic E-state index is 2.55. The minimum Gasteiger partial charge on any atom is -0.309 e. The van der Waals surface area contributed by atoms with Gasteiger partial charge < -0.3 is 4.57 Å². The molecule has 1 heteroatoms. The Labute approximate surface area is 193 Å². The van der Waals surface area contributed by atoms with E-state index in [4.69, 9.17) is 0 Å². The quantitative estimate of drug-likeness (QED) is 0.239. The van der Waals surface area contributed by atoms with Crippen LogP contribution in [0.1, 0.15) is 30.0 Å². The Hall–Kier alpha value is -3.84. The molecule has 0 saturated carbocycles. The molecule has 3 aliphatic rings. The van der Waals surface area contributed by atoms with E-state index in [1.807, 2.05) is 0 Å². The second kappa shape index (κ2) is 5.94. The van der Waals surface area contributed by atoms with Gasteiger partial charge in [0.1, 0.15) is 0 Å². The van der Waals surface area contributed by atoms with E-state index in [0.717, 1.165) is 6.42 Å². The minimum atomic E-state index is -0.245. The van der Waals surface area contributed by atoms with E-state index in [1.54, 1.807) is 0 Å². The molecule has 0 saturated heterocycles. The fourth-order valence-corrected chi connectivity index (χ4v) is 6.99. The molecule has 1 nitrogen and oxygen atoms in total. The third kappa shape index (κ3) is 1.92. The van der Waals surface area contributed by atoms with Crippen molar-refractivity contribution in [3.63, 3.8) is 0 Å². The average Bonchev–Trinajstić information content (AvgIpc) is 3.35. The molecule has 1 unspecified atom stereocenters. The number of hydrogen-bond acceptors (Lipinski definition) is 0. The van der Waals surface area contributed by atoms with E-state index in [-0.39, 0.29) is 5.41 Å². The van der Waals surface area contributed by atoms with Crippen LogP contribution in [0, 0.1) is 5.92 Å². The lowest BCUT2D eigenvalue weighted by Crippen LogP contribution is -2.35. The number of allylic oxidation sites excluding steroid dienone is 4. The summed E-state index contributed by atoms with van der Waals surface area (Å²) in [5, 5.41) is 2.69. The number of rotatable bonds is 0. The number of benzene rings is 4. The number of para-hydroxylation sites is 2. The topological polar surface area (TPSA) is 4.93 Å². The summed E-state index contributed by atoms with van der Waals surface area (Å²) < 4.78 is 2.55. The average molecular weight is 422 g/mol. The van der Waals surface area contributed by atoms with Gasteiger partial charge in [0.05, 0.1) is 16.4 Å². The Morgan fingerprint density at radius 2 is 1.33 bits per heavy atom. The van der Waals surface area contributed by atoms with Crippen molar-refractivity contribution in [3.8, 4) is 11.1 Å². The fraction of sp³-hybridized carbons (Fsp3) is 0.125. The number of nitrogens with zero attached hydrogens (tertiary/aromatic N) is 1. The van der Waals surface area contributed by atoms with Gasteiger partial charge in [0, 0.05) is 16.5 Å². The van der Waals surface area contributed by atoms with Gasteiger partial charge in [-0.05, 0) is 57.9 Å². The lowest BCUT2D eigenvalue weighted by atomic mass is 9.62. The van der Waals surface area contributed by atoms with Crippen LogP contribution in [0.2, 0.25) is 0 Å².